The van der Waals surface area contributed by atoms with Crippen molar-refractivity contribution >= 4 is 81.3 Å². The van der Waals surface area contributed by atoms with Crippen LogP contribution in [0.1, 0.15) is 0 Å². The highest BCUT2D eigenvalue weighted by atomic mass is 32.1. The summed E-state index contributed by atoms with van der Waals surface area (Å²) in [5, 5.41) is 7.32. The fourth-order valence-electron chi connectivity index (χ4n) is 8.32. The minimum absolute atomic E-state index is 0.882. The van der Waals surface area contributed by atoms with Crippen molar-refractivity contribution in [2.45, 2.75) is 0 Å². The average Bonchev–Trinajstić information content (AvgIpc) is 3.82. The second-order valence-corrected chi connectivity index (χ2v) is 15.1. The quantitative estimate of drug-likeness (QED) is 0.170. The van der Waals surface area contributed by atoms with Gasteiger partial charge in [-0.2, -0.15) is 0 Å². The van der Waals surface area contributed by atoms with Crippen LogP contribution in [0, 0.1) is 0 Å². The number of fused-ring (bicyclic) bond motifs is 7. The van der Waals surface area contributed by atoms with Crippen molar-refractivity contribution in [2.24, 2.45) is 0 Å². The first-order valence-electron chi connectivity index (χ1n) is 18.7. The summed E-state index contributed by atoms with van der Waals surface area (Å²) in [6, 6.07) is 72.3. The maximum Gasteiger partial charge on any atom is 0.135 e. The number of hydrogen-bond donors (Lipinski definition) is 0. The molecule has 0 saturated carbocycles. The molecule has 0 atom stereocenters. The molecule has 9 aromatic carbocycles. The van der Waals surface area contributed by atoms with Crippen LogP contribution in [0.15, 0.2) is 205 Å². The van der Waals surface area contributed by atoms with Gasteiger partial charge in [0.05, 0.1) is 5.69 Å². The molecule has 3 heteroatoms. The number of furan rings is 1. The highest BCUT2D eigenvalue weighted by Gasteiger charge is 2.21. The monoisotopic (exact) mass is 719 g/mol. The molecule has 0 aliphatic carbocycles. The molecule has 258 valence electrons. The Balaban J connectivity index is 1.09. The molecular formula is C52H33NOS. The SMILES string of the molecule is c1cc(-c2ccc(-c3cccc4ccccc34)cc2)cc(N(c2ccc3oc4ccccc4c3c2)c2ccccc2-c2cccc3sc4ccccc4c23)c1. The molecule has 0 aliphatic rings. The molecule has 0 aliphatic heterocycles. The lowest BCUT2D eigenvalue weighted by Crippen LogP contribution is -2.11. The third kappa shape index (κ3) is 5.32. The summed E-state index contributed by atoms with van der Waals surface area (Å²) >= 11 is 1.86. The van der Waals surface area contributed by atoms with E-state index in [1.165, 1.54) is 58.8 Å². The van der Waals surface area contributed by atoms with Crippen molar-refractivity contribution < 1.29 is 4.42 Å². The smallest absolute Gasteiger partial charge is 0.135 e. The molecule has 0 radical (unpaired) electrons. The minimum atomic E-state index is 0.882. The number of hydrogen-bond acceptors (Lipinski definition) is 3. The van der Waals surface area contributed by atoms with E-state index in [-0.39, 0.29) is 0 Å². The molecule has 0 fully saturated rings. The molecular weight excluding hydrogens is 687 g/mol. The van der Waals surface area contributed by atoms with Crippen molar-refractivity contribution in [3.05, 3.63) is 200 Å². The second-order valence-electron chi connectivity index (χ2n) is 14.1. The fraction of sp³-hybridized carbons (Fsp3) is 0. The van der Waals surface area contributed by atoms with E-state index in [2.05, 4.69) is 193 Å². The summed E-state index contributed by atoms with van der Waals surface area (Å²) < 4.78 is 8.89. The first-order chi connectivity index (χ1) is 27.3. The highest BCUT2D eigenvalue weighted by Crippen LogP contribution is 2.47. The zero-order valence-corrected chi connectivity index (χ0v) is 30.6. The first-order valence-corrected chi connectivity index (χ1v) is 19.5. The van der Waals surface area contributed by atoms with Gasteiger partial charge in [-0.05, 0) is 93.2 Å². The largest absolute Gasteiger partial charge is 0.456 e. The molecule has 0 spiro atoms. The van der Waals surface area contributed by atoms with Gasteiger partial charge in [0.25, 0.3) is 0 Å². The Kier molecular flexibility index (Phi) is 7.39. The zero-order chi connectivity index (χ0) is 36.3. The molecule has 0 unspecified atom stereocenters. The van der Waals surface area contributed by atoms with Crippen LogP contribution in [-0.2, 0) is 0 Å². The topological polar surface area (TPSA) is 16.4 Å². The van der Waals surface area contributed by atoms with Gasteiger partial charge < -0.3 is 9.32 Å². The number of thiophene rings is 1. The lowest BCUT2D eigenvalue weighted by molar-refractivity contribution is 0.669. The van der Waals surface area contributed by atoms with Crippen LogP contribution in [0.2, 0.25) is 0 Å². The van der Waals surface area contributed by atoms with Crippen LogP contribution in [-0.4, -0.2) is 0 Å². The number of anilines is 3. The fourth-order valence-corrected chi connectivity index (χ4v) is 9.45. The standard InChI is InChI=1S/C52H33NOS/c1-2-16-40-35(12-1)13-10-20-41(40)36-28-26-34(27-29-36)37-14-9-15-38(32-37)53(39-30-31-49-46(33-39)43-18-4-7-23-48(43)54-49)47-22-6-3-17-42(47)44-21-11-25-51-52(44)45-19-5-8-24-50(45)55-51/h1-33H. The molecule has 11 rings (SSSR count). The molecule has 2 aromatic heterocycles. The van der Waals surface area contributed by atoms with Gasteiger partial charge in [0.2, 0.25) is 0 Å². The zero-order valence-electron chi connectivity index (χ0n) is 29.8. The lowest BCUT2D eigenvalue weighted by atomic mass is 9.95. The second kappa shape index (κ2) is 12.9. The van der Waals surface area contributed by atoms with Crippen LogP contribution in [0.4, 0.5) is 17.1 Å². The van der Waals surface area contributed by atoms with Crippen LogP contribution >= 0.6 is 11.3 Å². The third-order valence-electron chi connectivity index (χ3n) is 10.9. The molecule has 55 heavy (non-hydrogen) atoms. The Bertz CT molecular complexity index is 3220. The average molecular weight is 720 g/mol. The van der Waals surface area contributed by atoms with Gasteiger partial charge in [0, 0.05) is 47.9 Å². The van der Waals surface area contributed by atoms with Crippen LogP contribution in [0.5, 0.6) is 0 Å². The van der Waals surface area contributed by atoms with Gasteiger partial charge in [-0.1, -0.05) is 146 Å². The summed E-state index contributed by atoms with van der Waals surface area (Å²) in [7, 11) is 0. The maximum atomic E-state index is 6.30. The Labute approximate surface area is 322 Å². The van der Waals surface area contributed by atoms with E-state index < -0.39 is 0 Å². The number of para-hydroxylation sites is 2. The normalized spacial score (nSPS) is 11.6. The van der Waals surface area contributed by atoms with E-state index in [4.69, 9.17) is 4.42 Å². The number of nitrogens with zero attached hydrogens (tertiary/aromatic N) is 1. The van der Waals surface area contributed by atoms with Gasteiger partial charge in [-0.25, -0.2) is 0 Å². The van der Waals surface area contributed by atoms with E-state index in [0.29, 0.717) is 0 Å². The highest BCUT2D eigenvalue weighted by molar-refractivity contribution is 7.25. The third-order valence-corrected chi connectivity index (χ3v) is 12.0. The van der Waals surface area contributed by atoms with E-state index in [0.717, 1.165) is 44.6 Å². The van der Waals surface area contributed by atoms with E-state index in [1.54, 1.807) is 0 Å². The molecule has 0 saturated heterocycles. The van der Waals surface area contributed by atoms with Crippen LogP contribution in [0.3, 0.4) is 0 Å². The predicted molar refractivity (Wildman–Crippen MR) is 235 cm³/mol. The summed E-state index contributed by atoms with van der Waals surface area (Å²) in [6.45, 7) is 0. The van der Waals surface area contributed by atoms with Crippen molar-refractivity contribution in [3.8, 4) is 33.4 Å². The maximum absolute atomic E-state index is 6.30. The summed E-state index contributed by atoms with van der Waals surface area (Å²) in [6.07, 6.45) is 0. The predicted octanol–water partition coefficient (Wildman–Crippen LogP) is 15.6. The first kappa shape index (κ1) is 31.6. The van der Waals surface area contributed by atoms with Gasteiger partial charge in [-0.15, -0.1) is 11.3 Å². The van der Waals surface area contributed by atoms with Crippen molar-refractivity contribution in [1.29, 1.82) is 0 Å². The van der Waals surface area contributed by atoms with Crippen LogP contribution < -0.4 is 4.90 Å². The molecule has 0 bridgehead atoms. The van der Waals surface area contributed by atoms with Gasteiger partial charge in [-0.3, -0.25) is 0 Å². The summed E-state index contributed by atoms with van der Waals surface area (Å²) in [5.74, 6) is 0. The Morgan fingerprint density at radius 3 is 1.93 bits per heavy atom. The van der Waals surface area contributed by atoms with Gasteiger partial charge >= 0.3 is 0 Å². The Hall–Kier alpha value is -6.94. The Morgan fingerprint density at radius 1 is 0.364 bits per heavy atom. The van der Waals surface area contributed by atoms with Gasteiger partial charge in [0.1, 0.15) is 11.2 Å². The molecule has 2 nitrogen and oxygen atoms in total. The molecule has 0 N–H and O–H groups in total. The van der Waals surface area contributed by atoms with E-state index in [9.17, 15) is 0 Å². The van der Waals surface area contributed by atoms with Crippen LogP contribution in [0.25, 0.3) is 86.3 Å². The number of benzene rings is 9. The van der Waals surface area contributed by atoms with E-state index >= 15 is 0 Å². The van der Waals surface area contributed by atoms with Crippen molar-refractivity contribution in [2.75, 3.05) is 4.90 Å². The van der Waals surface area contributed by atoms with Crippen molar-refractivity contribution in [3.63, 3.8) is 0 Å². The Morgan fingerprint density at radius 2 is 1.00 bits per heavy atom. The number of rotatable bonds is 6. The minimum Gasteiger partial charge on any atom is -0.456 e. The summed E-state index contributed by atoms with van der Waals surface area (Å²) in [4.78, 5) is 2.41. The molecule has 11 aromatic rings. The molecule has 2 heterocycles. The summed E-state index contributed by atoms with van der Waals surface area (Å²) in [5.41, 5.74) is 12.2. The lowest BCUT2D eigenvalue weighted by Gasteiger charge is -2.28. The molecule has 0 amide bonds. The van der Waals surface area contributed by atoms with Crippen molar-refractivity contribution in [1.82, 2.24) is 0 Å². The van der Waals surface area contributed by atoms with Gasteiger partial charge in [0.15, 0.2) is 0 Å². The van der Waals surface area contributed by atoms with E-state index in [1.807, 2.05) is 23.5 Å².